The third kappa shape index (κ3) is 5.41. The van der Waals surface area contributed by atoms with Gasteiger partial charge in [0.1, 0.15) is 11.6 Å². The van der Waals surface area contributed by atoms with Crippen LogP contribution < -0.4 is 10.6 Å². The van der Waals surface area contributed by atoms with Crippen LogP contribution in [0.1, 0.15) is 57.5 Å². The maximum absolute atomic E-state index is 15.1. The molecule has 3 aromatic heterocycles. The van der Waals surface area contributed by atoms with Gasteiger partial charge in [-0.1, -0.05) is 50.7 Å². The maximum atomic E-state index is 15.1. The second-order valence-electron chi connectivity index (χ2n) is 11.8. The molecule has 228 valence electrons. The summed E-state index contributed by atoms with van der Waals surface area (Å²) in [7, 11) is 0. The van der Waals surface area contributed by atoms with E-state index in [4.69, 9.17) is 21.6 Å². The number of carbonyl (C=O) groups is 1. The summed E-state index contributed by atoms with van der Waals surface area (Å²) in [6.45, 7) is 20.2. The first-order valence-electron chi connectivity index (χ1n) is 14.6. The van der Waals surface area contributed by atoms with Crippen LogP contribution in [-0.2, 0) is 4.79 Å². The van der Waals surface area contributed by atoms with Gasteiger partial charge in [-0.2, -0.15) is 4.98 Å². The zero-order chi connectivity index (χ0) is 32.0. The molecule has 4 heterocycles. The third-order valence-electron chi connectivity index (χ3n) is 8.06. The van der Waals surface area contributed by atoms with Gasteiger partial charge in [-0.15, -0.1) is 0 Å². The van der Waals surface area contributed by atoms with Gasteiger partial charge in [0.05, 0.1) is 33.2 Å². The lowest BCUT2D eigenvalue weighted by molar-refractivity contribution is -0.128. The predicted molar refractivity (Wildman–Crippen MR) is 175 cm³/mol. The highest BCUT2D eigenvalue weighted by molar-refractivity contribution is 6.33. The molecule has 2 atom stereocenters. The standard InChI is InChI=1S/C34H36ClFN6O2/c1-9-28(43)40-16-22(8)41(17-21(40)7)32-24-15-25(35)30(23-12-10-11-13-26(23)36)38-33(24)42(34(44)39-32)31-20(6)14-27(18(2)3)37-29(31)19(4)5/h9-15,19,21-22H,1-2,16-17H2,3-8H3/t21-,22+/m1/s1. The second kappa shape index (κ2) is 12.0. The lowest BCUT2D eigenvalue weighted by Crippen LogP contribution is -2.58. The van der Waals surface area contributed by atoms with E-state index in [9.17, 15) is 9.59 Å². The van der Waals surface area contributed by atoms with Gasteiger partial charge in [-0.05, 0) is 75.1 Å². The Labute approximate surface area is 261 Å². The molecule has 0 N–H and O–H groups in total. The third-order valence-corrected chi connectivity index (χ3v) is 8.35. The topological polar surface area (TPSA) is 84.2 Å². The number of benzene rings is 1. The van der Waals surface area contributed by atoms with Crippen molar-refractivity contribution >= 4 is 39.9 Å². The molecule has 1 saturated heterocycles. The molecular weight excluding hydrogens is 579 g/mol. The summed E-state index contributed by atoms with van der Waals surface area (Å²) < 4.78 is 16.5. The number of nitrogens with zero attached hydrogens (tertiary/aromatic N) is 6. The number of hydrogen-bond donors (Lipinski definition) is 0. The fourth-order valence-electron chi connectivity index (χ4n) is 5.82. The Hall–Kier alpha value is -4.37. The van der Waals surface area contributed by atoms with Gasteiger partial charge >= 0.3 is 5.69 Å². The van der Waals surface area contributed by atoms with Crippen LogP contribution in [0.3, 0.4) is 0 Å². The Bertz CT molecular complexity index is 1880. The molecule has 1 aromatic carbocycles. The van der Waals surface area contributed by atoms with Crippen molar-refractivity contribution in [1.82, 2.24) is 24.4 Å². The largest absolute Gasteiger partial charge is 0.355 e. The van der Waals surface area contributed by atoms with Crippen LogP contribution in [0.5, 0.6) is 0 Å². The zero-order valence-corrected chi connectivity index (χ0v) is 26.6. The summed E-state index contributed by atoms with van der Waals surface area (Å²) in [5.41, 5.74) is 3.73. The second-order valence-corrected chi connectivity index (χ2v) is 12.2. The monoisotopic (exact) mass is 614 g/mol. The van der Waals surface area contributed by atoms with E-state index in [1.165, 1.54) is 16.7 Å². The molecule has 0 spiro atoms. The Morgan fingerprint density at radius 1 is 1.11 bits per heavy atom. The van der Waals surface area contributed by atoms with E-state index in [1.54, 1.807) is 29.2 Å². The molecule has 0 radical (unpaired) electrons. The van der Waals surface area contributed by atoms with Gasteiger partial charge in [0.2, 0.25) is 5.91 Å². The van der Waals surface area contributed by atoms with Crippen molar-refractivity contribution in [3.63, 3.8) is 0 Å². The molecule has 1 aliphatic heterocycles. The van der Waals surface area contributed by atoms with Crippen molar-refractivity contribution in [2.24, 2.45) is 0 Å². The van der Waals surface area contributed by atoms with Crippen molar-refractivity contribution in [2.75, 3.05) is 18.0 Å². The van der Waals surface area contributed by atoms with Gasteiger partial charge in [0.15, 0.2) is 5.65 Å². The number of anilines is 1. The van der Waals surface area contributed by atoms with E-state index in [-0.39, 0.29) is 45.8 Å². The van der Waals surface area contributed by atoms with Crippen molar-refractivity contribution < 1.29 is 9.18 Å². The SMILES string of the molecule is C=CC(=O)N1C[C@H](C)N(c2nc(=O)n(-c3c(C)cc(C(=C)C)nc3C(C)C)c3nc(-c4ccccc4F)c(Cl)cc23)C[C@H]1C. The minimum Gasteiger partial charge on any atom is -0.349 e. The van der Waals surface area contributed by atoms with Crippen molar-refractivity contribution in [3.8, 4) is 16.9 Å². The molecule has 1 amide bonds. The molecule has 44 heavy (non-hydrogen) atoms. The number of pyridine rings is 2. The van der Waals surface area contributed by atoms with Gasteiger partial charge in [0.25, 0.3) is 0 Å². The Morgan fingerprint density at radius 2 is 1.82 bits per heavy atom. The first kappa shape index (κ1) is 31.1. The number of amides is 1. The average molecular weight is 615 g/mol. The van der Waals surface area contributed by atoms with Crippen molar-refractivity contribution in [3.05, 3.63) is 93.9 Å². The average Bonchev–Trinajstić information content (AvgIpc) is 2.97. The number of allylic oxidation sites excluding steroid dienone is 1. The van der Waals surface area contributed by atoms with E-state index in [2.05, 4.69) is 18.1 Å². The molecule has 0 bridgehead atoms. The fourth-order valence-corrected chi connectivity index (χ4v) is 6.07. The molecule has 0 unspecified atom stereocenters. The fraction of sp³-hybridized carbons (Fsp3) is 0.324. The minimum atomic E-state index is -0.555. The van der Waals surface area contributed by atoms with Gasteiger partial charge in [-0.3, -0.25) is 9.78 Å². The highest BCUT2D eigenvalue weighted by Crippen LogP contribution is 2.37. The lowest BCUT2D eigenvalue weighted by Gasteiger charge is -2.44. The molecule has 8 nitrogen and oxygen atoms in total. The Morgan fingerprint density at radius 3 is 2.45 bits per heavy atom. The Balaban J connectivity index is 1.85. The molecule has 4 aromatic rings. The number of carbonyl (C=O) groups excluding carboxylic acids is 1. The smallest absolute Gasteiger partial charge is 0.349 e. The summed E-state index contributed by atoms with van der Waals surface area (Å²) in [4.78, 5) is 44.9. The minimum absolute atomic E-state index is 0.0562. The van der Waals surface area contributed by atoms with Crippen LogP contribution >= 0.6 is 11.6 Å². The van der Waals surface area contributed by atoms with E-state index >= 15 is 4.39 Å². The molecule has 1 fully saturated rings. The molecule has 1 aliphatic rings. The van der Waals surface area contributed by atoms with Crippen molar-refractivity contribution in [1.29, 1.82) is 0 Å². The van der Waals surface area contributed by atoms with Gasteiger partial charge in [-0.25, -0.2) is 18.7 Å². The van der Waals surface area contributed by atoms with Crippen LogP contribution in [0, 0.1) is 12.7 Å². The summed E-state index contributed by atoms with van der Waals surface area (Å²) >= 11 is 6.83. The van der Waals surface area contributed by atoms with E-state index in [0.717, 1.165) is 16.8 Å². The van der Waals surface area contributed by atoms with Crippen LogP contribution in [0.15, 0.2) is 60.4 Å². The number of fused-ring (bicyclic) bond motifs is 1. The molecule has 0 aliphatic carbocycles. The van der Waals surface area contributed by atoms with Crippen LogP contribution in [0.2, 0.25) is 5.02 Å². The predicted octanol–water partition coefficient (Wildman–Crippen LogP) is 6.71. The first-order valence-corrected chi connectivity index (χ1v) is 15.0. The quantitative estimate of drug-likeness (QED) is 0.224. The first-order chi connectivity index (χ1) is 20.8. The van der Waals surface area contributed by atoms with Crippen molar-refractivity contribution in [2.45, 2.75) is 59.5 Å². The number of piperazine rings is 1. The van der Waals surface area contributed by atoms with Crippen LogP contribution in [-0.4, -0.2) is 55.5 Å². The van der Waals surface area contributed by atoms with E-state index < -0.39 is 11.5 Å². The van der Waals surface area contributed by atoms with Gasteiger partial charge in [0, 0.05) is 30.7 Å². The highest BCUT2D eigenvalue weighted by Gasteiger charge is 2.34. The highest BCUT2D eigenvalue weighted by atomic mass is 35.5. The van der Waals surface area contributed by atoms with E-state index in [0.29, 0.717) is 35.7 Å². The lowest BCUT2D eigenvalue weighted by atomic mass is 10.0. The normalized spacial score (nSPS) is 16.9. The zero-order valence-electron chi connectivity index (χ0n) is 25.9. The Kier molecular flexibility index (Phi) is 8.44. The summed E-state index contributed by atoms with van der Waals surface area (Å²) in [6, 6.07) is 9.48. The van der Waals surface area contributed by atoms with Gasteiger partial charge < -0.3 is 9.80 Å². The molecule has 5 rings (SSSR count). The molecule has 10 heteroatoms. The molecular formula is C34H36ClFN6O2. The van der Waals surface area contributed by atoms with Crippen LogP contribution in [0.4, 0.5) is 10.2 Å². The van der Waals surface area contributed by atoms with Crippen LogP contribution in [0.25, 0.3) is 33.6 Å². The number of halogens is 2. The number of hydrogen-bond acceptors (Lipinski definition) is 6. The maximum Gasteiger partial charge on any atom is 0.355 e. The summed E-state index contributed by atoms with van der Waals surface area (Å²) in [5.74, 6) is -0.296. The number of rotatable bonds is 6. The number of aromatic nitrogens is 4. The molecule has 0 saturated carbocycles. The summed E-state index contributed by atoms with van der Waals surface area (Å²) in [6.07, 6.45) is 1.31. The van der Waals surface area contributed by atoms with E-state index in [1.807, 2.05) is 52.5 Å². The summed E-state index contributed by atoms with van der Waals surface area (Å²) in [5, 5.41) is 0.740. The number of aryl methyl sites for hydroxylation is 1.